The molecule has 0 aliphatic carbocycles. The number of nitrogens with one attached hydrogen (secondary N) is 2. The van der Waals surface area contributed by atoms with Gasteiger partial charge in [0.25, 0.3) is 15.9 Å². The lowest BCUT2D eigenvalue weighted by Gasteiger charge is -2.20. The number of halogens is 1. The number of rotatable bonds is 6. The summed E-state index contributed by atoms with van der Waals surface area (Å²) in [7, 11) is -4.01. The van der Waals surface area contributed by atoms with E-state index in [9.17, 15) is 17.6 Å². The van der Waals surface area contributed by atoms with E-state index in [2.05, 4.69) is 19.9 Å². The molecule has 1 aliphatic heterocycles. The molecule has 4 rings (SSSR count). The van der Waals surface area contributed by atoms with Gasteiger partial charge in [-0.05, 0) is 67.8 Å². The van der Waals surface area contributed by atoms with Gasteiger partial charge < -0.3 is 10.2 Å². The van der Waals surface area contributed by atoms with Gasteiger partial charge >= 0.3 is 0 Å². The van der Waals surface area contributed by atoms with Crippen molar-refractivity contribution in [3.8, 4) is 0 Å². The van der Waals surface area contributed by atoms with Gasteiger partial charge in [-0.2, -0.15) is 0 Å². The normalized spacial score (nSPS) is 13.8. The molecule has 1 saturated heterocycles. The Morgan fingerprint density at radius 3 is 2.59 bits per heavy atom. The lowest BCUT2D eigenvalue weighted by atomic mass is 10.2. The molecule has 7 nitrogen and oxygen atoms in total. The smallest absolute Gasteiger partial charge is 0.261 e. The Morgan fingerprint density at radius 1 is 1.06 bits per heavy atom. The molecule has 166 valence electrons. The first-order valence-corrected chi connectivity index (χ1v) is 11.7. The average Bonchev–Trinajstić information content (AvgIpc) is 3.30. The number of hydrogen-bond donors (Lipinski definition) is 2. The van der Waals surface area contributed by atoms with Gasteiger partial charge in [-0.3, -0.25) is 9.52 Å². The summed E-state index contributed by atoms with van der Waals surface area (Å²) in [4.78, 5) is 19.2. The SMILES string of the molecule is Cc1ccc(S(=O)(=O)Nc2cccc(C(=O)Nc3cccnc3N3CCCC3)c2)cc1F. The van der Waals surface area contributed by atoms with Crippen LogP contribution in [0.1, 0.15) is 28.8 Å². The average molecular weight is 455 g/mol. The Kier molecular flexibility index (Phi) is 6.09. The van der Waals surface area contributed by atoms with Crippen LogP contribution in [0, 0.1) is 12.7 Å². The third-order valence-electron chi connectivity index (χ3n) is 5.27. The number of sulfonamides is 1. The molecule has 1 aliphatic rings. The lowest BCUT2D eigenvalue weighted by molar-refractivity contribution is 0.102. The molecule has 2 N–H and O–H groups in total. The highest BCUT2D eigenvalue weighted by molar-refractivity contribution is 7.92. The molecule has 1 aromatic heterocycles. The monoisotopic (exact) mass is 454 g/mol. The van der Waals surface area contributed by atoms with Crippen LogP contribution in [-0.4, -0.2) is 32.4 Å². The Bertz CT molecular complexity index is 1260. The minimum absolute atomic E-state index is 0.193. The van der Waals surface area contributed by atoms with Crippen LogP contribution in [-0.2, 0) is 10.0 Å². The van der Waals surface area contributed by atoms with Gasteiger partial charge in [0.2, 0.25) is 0 Å². The minimum Gasteiger partial charge on any atom is -0.355 e. The number of nitrogens with zero attached hydrogens (tertiary/aromatic N) is 2. The van der Waals surface area contributed by atoms with Crippen molar-refractivity contribution in [1.82, 2.24) is 4.98 Å². The molecule has 2 heterocycles. The van der Waals surface area contributed by atoms with E-state index in [0.717, 1.165) is 37.8 Å². The Labute approximate surface area is 186 Å². The van der Waals surface area contributed by atoms with Crippen LogP contribution in [0.4, 0.5) is 21.6 Å². The first-order chi connectivity index (χ1) is 15.3. The number of aromatic nitrogens is 1. The fraction of sp³-hybridized carbons (Fsp3) is 0.217. The quantitative estimate of drug-likeness (QED) is 0.583. The highest BCUT2D eigenvalue weighted by Crippen LogP contribution is 2.27. The molecule has 32 heavy (non-hydrogen) atoms. The number of pyridine rings is 1. The number of anilines is 3. The molecule has 1 amide bonds. The second-order valence-electron chi connectivity index (χ2n) is 7.62. The number of hydrogen-bond acceptors (Lipinski definition) is 5. The summed E-state index contributed by atoms with van der Waals surface area (Å²) < 4.78 is 41.5. The predicted molar refractivity (Wildman–Crippen MR) is 122 cm³/mol. The molecule has 0 unspecified atom stereocenters. The van der Waals surface area contributed by atoms with Crippen molar-refractivity contribution in [1.29, 1.82) is 0 Å². The van der Waals surface area contributed by atoms with Crippen LogP contribution in [0.15, 0.2) is 65.7 Å². The number of benzene rings is 2. The predicted octanol–water partition coefficient (Wildman–Crippen LogP) is 4.18. The fourth-order valence-electron chi connectivity index (χ4n) is 3.55. The maximum absolute atomic E-state index is 13.8. The Morgan fingerprint density at radius 2 is 1.84 bits per heavy atom. The zero-order valence-electron chi connectivity index (χ0n) is 17.5. The van der Waals surface area contributed by atoms with Crippen molar-refractivity contribution in [3.05, 3.63) is 77.7 Å². The number of aryl methyl sites for hydroxylation is 1. The molecule has 0 bridgehead atoms. The number of amides is 1. The highest BCUT2D eigenvalue weighted by atomic mass is 32.2. The molecule has 1 fully saturated rings. The van der Waals surface area contributed by atoms with Crippen LogP contribution >= 0.6 is 0 Å². The highest BCUT2D eigenvalue weighted by Gasteiger charge is 2.20. The number of carbonyl (C=O) groups excluding carboxylic acids is 1. The summed E-state index contributed by atoms with van der Waals surface area (Å²) in [6, 6.07) is 13.4. The van der Waals surface area contributed by atoms with E-state index < -0.39 is 15.8 Å². The zero-order chi connectivity index (χ0) is 22.7. The van der Waals surface area contributed by atoms with E-state index >= 15 is 0 Å². The Hall–Kier alpha value is -3.46. The van der Waals surface area contributed by atoms with E-state index in [0.29, 0.717) is 11.3 Å². The Balaban J connectivity index is 1.53. The van der Waals surface area contributed by atoms with Gasteiger partial charge in [-0.15, -0.1) is 0 Å². The maximum Gasteiger partial charge on any atom is 0.261 e. The van der Waals surface area contributed by atoms with E-state index in [1.165, 1.54) is 24.3 Å². The van der Waals surface area contributed by atoms with E-state index in [-0.39, 0.29) is 22.1 Å². The van der Waals surface area contributed by atoms with E-state index in [1.54, 1.807) is 37.4 Å². The number of carbonyl (C=O) groups is 1. The molecule has 3 aromatic rings. The van der Waals surface area contributed by atoms with Crippen molar-refractivity contribution < 1.29 is 17.6 Å². The van der Waals surface area contributed by atoms with Crippen LogP contribution in [0.3, 0.4) is 0 Å². The maximum atomic E-state index is 13.8. The van der Waals surface area contributed by atoms with Crippen molar-refractivity contribution in [2.24, 2.45) is 0 Å². The van der Waals surface area contributed by atoms with Crippen LogP contribution in [0.5, 0.6) is 0 Å². The van der Waals surface area contributed by atoms with Gasteiger partial charge in [0.1, 0.15) is 5.82 Å². The lowest BCUT2D eigenvalue weighted by Crippen LogP contribution is -2.22. The van der Waals surface area contributed by atoms with Gasteiger partial charge in [-0.25, -0.2) is 17.8 Å². The van der Waals surface area contributed by atoms with Gasteiger partial charge in [0.05, 0.1) is 10.6 Å². The summed E-state index contributed by atoms with van der Waals surface area (Å²) in [6.45, 7) is 3.33. The first kappa shape index (κ1) is 21.8. The third-order valence-corrected chi connectivity index (χ3v) is 6.65. The van der Waals surface area contributed by atoms with E-state index in [1.807, 2.05) is 0 Å². The van der Waals surface area contributed by atoms with Crippen molar-refractivity contribution in [2.45, 2.75) is 24.7 Å². The molecule has 0 atom stereocenters. The van der Waals surface area contributed by atoms with Crippen molar-refractivity contribution >= 4 is 33.1 Å². The molecule has 0 radical (unpaired) electrons. The molecular formula is C23H23FN4O3S. The second-order valence-corrected chi connectivity index (χ2v) is 9.30. The van der Waals surface area contributed by atoms with Gasteiger partial charge in [0, 0.05) is 30.5 Å². The molecule has 0 spiro atoms. The van der Waals surface area contributed by atoms with E-state index in [4.69, 9.17) is 0 Å². The second kappa shape index (κ2) is 8.96. The van der Waals surface area contributed by atoms with Crippen LogP contribution in [0.2, 0.25) is 0 Å². The standard InChI is InChI=1S/C23H23FN4O3S/c1-16-9-10-19(15-20(16)24)32(30,31)27-18-7-4-6-17(14-18)23(29)26-21-8-5-11-25-22(21)28-12-2-3-13-28/h4-11,14-15,27H,2-3,12-13H2,1H3,(H,26,29). The topological polar surface area (TPSA) is 91.4 Å². The van der Waals surface area contributed by atoms with Gasteiger partial charge in [-0.1, -0.05) is 12.1 Å². The van der Waals surface area contributed by atoms with Crippen molar-refractivity contribution in [3.63, 3.8) is 0 Å². The van der Waals surface area contributed by atoms with Gasteiger partial charge in [0.15, 0.2) is 5.82 Å². The fourth-order valence-corrected chi connectivity index (χ4v) is 4.61. The summed E-state index contributed by atoms with van der Waals surface area (Å²) >= 11 is 0. The molecular weight excluding hydrogens is 431 g/mol. The minimum atomic E-state index is -4.01. The summed E-state index contributed by atoms with van der Waals surface area (Å²) in [5.41, 5.74) is 1.42. The zero-order valence-corrected chi connectivity index (χ0v) is 18.3. The summed E-state index contributed by atoms with van der Waals surface area (Å²) in [5, 5.41) is 2.87. The first-order valence-electron chi connectivity index (χ1n) is 10.2. The van der Waals surface area contributed by atoms with Crippen molar-refractivity contribution in [2.75, 3.05) is 28.0 Å². The molecule has 0 saturated carbocycles. The summed E-state index contributed by atoms with van der Waals surface area (Å²) in [6.07, 6.45) is 3.85. The molecule has 2 aromatic carbocycles. The third kappa shape index (κ3) is 4.72. The molecule has 9 heteroatoms. The summed E-state index contributed by atoms with van der Waals surface area (Å²) in [5.74, 6) is -0.274. The van der Waals surface area contributed by atoms with Crippen LogP contribution in [0.25, 0.3) is 0 Å². The van der Waals surface area contributed by atoms with Crippen LogP contribution < -0.4 is 14.9 Å². The largest absolute Gasteiger partial charge is 0.355 e.